The lowest BCUT2D eigenvalue weighted by Crippen LogP contribution is -2.63. The van der Waals surface area contributed by atoms with E-state index in [4.69, 9.17) is 38.9 Å². The SMILES string of the molecule is CCCCCCCCOc1c(O[C@H]2O[C@H](COC(C)=O)[C@@H](OC(C)=O)[C@H](OC(C)=O)[C@@H]2OC(C)=O)c2ccc(N)cc2n(C)c1=O. The number of rotatable bonds is 15. The van der Waals surface area contributed by atoms with E-state index in [0.717, 1.165) is 52.9 Å². The van der Waals surface area contributed by atoms with Crippen LogP contribution in [-0.2, 0) is 49.9 Å². The van der Waals surface area contributed by atoms with E-state index in [1.165, 1.54) is 11.5 Å². The van der Waals surface area contributed by atoms with Crippen molar-refractivity contribution in [2.75, 3.05) is 18.9 Å². The predicted octanol–water partition coefficient (Wildman–Crippen LogP) is 3.32. The molecule has 0 saturated carbocycles. The summed E-state index contributed by atoms with van der Waals surface area (Å²) in [5.74, 6) is -3.16. The topological polar surface area (TPSA) is 181 Å². The van der Waals surface area contributed by atoms with Crippen LogP contribution in [0, 0.1) is 0 Å². The third-order valence-corrected chi connectivity index (χ3v) is 7.26. The van der Waals surface area contributed by atoms with E-state index in [0.29, 0.717) is 23.0 Å². The number of carbonyl (C=O) groups is 4. The summed E-state index contributed by atoms with van der Waals surface area (Å²) in [7, 11) is 1.57. The van der Waals surface area contributed by atoms with Crippen LogP contribution >= 0.6 is 0 Å². The summed E-state index contributed by atoms with van der Waals surface area (Å²) >= 11 is 0. The number of nitrogens with two attached hydrogens (primary N) is 1. The van der Waals surface area contributed by atoms with E-state index in [1.807, 2.05) is 0 Å². The summed E-state index contributed by atoms with van der Waals surface area (Å²) in [4.78, 5) is 62.0. The molecule has 0 bridgehead atoms. The first-order chi connectivity index (χ1) is 21.8. The van der Waals surface area contributed by atoms with Crippen LogP contribution in [0.5, 0.6) is 11.5 Å². The van der Waals surface area contributed by atoms with Gasteiger partial charge in [-0.2, -0.15) is 0 Å². The van der Waals surface area contributed by atoms with Crippen LogP contribution in [0.2, 0.25) is 0 Å². The molecule has 0 spiro atoms. The number of pyridine rings is 1. The second-order valence-corrected chi connectivity index (χ2v) is 11.1. The highest BCUT2D eigenvalue weighted by molar-refractivity contribution is 5.90. The number of nitrogen functional groups attached to an aromatic ring is 1. The lowest BCUT2D eigenvalue weighted by molar-refractivity contribution is -0.288. The number of nitrogens with zero attached hydrogens (tertiary/aromatic N) is 1. The van der Waals surface area contributed by atoms with E-state index >= 15 is 0 Å². The third kappa shape index (κ3) is 9.59. The minimum atomic E-state index is -1.56. The zero-order valence-electron chi connectivity index (χ0n) is 27.2. The maximum Gasteiger partial charge on any atom is 0.303 e. The Bertz CT molecular complexity index is 1450. The Balaban J connectivity index is 2.12. The number of fused-ring (bicyclic) bond motifs is 1. The molecule has 14 nitrogen and oxygen atoms in total. The zero-order valence-corrected chi connectivity index (χ0v) is 27.2. The van der Waals surface area contributed by atoms with E-state index in [2.05, 4.69) is 6.92 Å². The first-order valence-electron chi connectivity index (χ1n) is 15.4. The van der Waals surface area contributed by atoms with Crippen molar-refractivity contribution < 1.29 is 52.3 Å². The van der Waals surface area contributed by atoms with Gasteiger partial charge in [-0.1, -0.05) is 39.0 Å². The predicted molar refractivity (Wildman–Crippen MR) is 165 cm³/mol. The minimum Gasteiger partial charge on any atom is -0.485 e. The zero-order chi connectivity index (χ0) is 34.0. The van der Waals surface area contributed by atoms with Crippen molar-refractivity contribution in [2.45, 2.75) is 104 Å². The number of aromatic nitrogens is 1. The van der Waals surface area contributed by atoms with E-state index in [9.17, 15) is 24.0 Å². The first kappa shape index (κ1) is 36.1. The third-order valence-electron chi connectivity index (χ3n) is 7.26. The summed E-state index contributed by atoms with van der Waals surface area (Å²) in [6.07, 6.45) is -1.15. The van der Waals surface area contributed by atoms with Crippen molar-refractivity contribution in [1.29, 1.82) is 0 Å². The molecule has 1 saturated heterocycles. The molecule has 1 aromatic heterocycles. The molecule has 5 atom stereocenters. The number of hydrogen-bond acceptors (Lipinski definition) is 13. The molecule has 1 fully saturated rings. The van der Waals surface area contributed by atoms with Gasteiger partial charge >= 0.3 is 23.9 Å². The van der Waals surface area contributed by atoms with Gasteiger partial charge in [-0.25, -0.2) is 0 Å². The Morgan fingerprint density at radius 2 is 1.43 bits per heavy atom. The number of carbonyl (C=O) groups excluding carboxylic acids is 4. The Morgan fingerprint density at radius 1 is 0.826 bits per heavy atom. The second-order valence-electron chi connectivity index (χ2n) is 11.1. The van der Waals surface area contributed by atoms with Crippen molar-refractivity contribution in [3.05, 3.63) is 28.6 Å². The number of anilines is 1. The summed E-state index contributed by atoms with van der Waals surface area (Å²) in [6.45, 7) is 6.47. The van der Waals surface area contributed by atoms with Crippen LogP contribution in [0.15, 0.2) is 23.0 Å². The standard InChI is InChI=1S/C32H44N2O12/c1-7-8-9-10-11-12-15-40-29-26(23-14-13-22(33)16-24(23)34(6)31(29)39)46-32-30(44-21(5)38)28(43-20(4)37)27(42-19(3)36)25(45-32)17-41-18(2)35/h13-14,16,25,27-28,30,32H,7-12,15,17,33H2,1-6H3/t25-,27-,28+,30+,32-/m1/s1. The monoisotopic (exact) mass is 648 g/mol. The molecule has 254 valence electrons. The maximum atomic E-state index is 13.7. The molecule has 14 heteroatoms. The summed E-state index contributed by atoms with van der Waals surface area (Å²) in [5, 5.41) is 0.419. The molecular weight excluding hydrogens is 604 g/mol. The maximum absolute atomic E-state index is 13.7. The van der Waals surface area contributed by atoms with Gasteiger partial charge in [0.2, 0.25) is 18.1 Å². The average Bonchev–Trinajstić information content (AvgIpc) is 2.97. The number of ether oxygens (including phenoxy) is 7. The largest absolute Gasteiger partial charge is 0.485 e. The van der Waals surface area contributed by atoms with E-state index in [-0.39, 0.29) is 18.1 Å². The van der Waals surface area contributed by atoms with Gasteiger partial charge < -0.3 is 43.5 Å². The number of esters is 4. The highest BCUT2D eigenvalue weighted by Gasteiger charge is 2.53. The first-order valence-corrected chi connectivity index (χ1v) is 15.4. The summed E-state index contributed by atoms with van der Waals surface area (Å²) in [5.41, 5.74) is 6.32. The van der Waals surface area contributed by atoms with Gasteiger partial charge in [0.15, 0.2) is 18.0 Å². The molecule has 2 N–H and O–H groups in total. The fourth-order valence-electron chi connectivity index (χ4n) is 5.20. The Kier molecular flexibility index (Phi) is 13.2. The molecule has 1 aliphatic rings. The van der Waals surface area contributed by atoms with Crippen molar-refractivity contribution in [1.82, 2.24) is 4.57 Å². The number of unbranched alkanes of at least 4 members (excludes halogenated alkanes) is 5. The second kappa shape index (κ2) is 16.8. The van der Waals surface area contributed by atoms with Crippen LogP contribution in [-0.4, -0.2) is 72.4 Å². The van der Waals surface area contributed by atoms with Gasteiger partial charge in [0.25, 0.3) is 5.56 Å². The molecule has 0 amide bonds. The highest BCUT2D eigenvalue weighted by Crippen LogP contribution is 2.38. The Hall–Kier alpha value is -4.33. The van der Waals surface area contributed by atoms with Gasteiger partial charge in [0.05, 0.1) is 12.1 Å². The number of hydrogen-bond donors (Lipinski definition) is 1. The average molecular weight is 649 g/mol. The molecular formula is C32H44N2O12. The van der Waals surface area contributed by atoms with Crippen LogP contribution < -0.4 is 20.8 Å². The molecule has 0 unspecified atom stereocenters. The molecule has 0 aliphatic carbocycles. The molecule has 2 heterocycles. The molecule has 1 aliphatic heterocycles. The molecule has 0 radical (unpaired) electrons. The van der Waals surface area contributed by atoms with Gasteiger partial charge in [-0.15, -0.1) is 0 Å². The minimum absolute atomic E-state index is 0.0371. The quantitative estimate of drug-likeness (QED) is 0.129. The van der Waals surface area contributed by atoms with Crippen LogP contribution in [0.1, 0.15) is 73.1 Å². The van der Waals surface area contributed by atoms with E-state index < -0.39 is 66.7 Å². The molecule has 46 heavy (non-hydrogen) atoms. The van der Waals surface area contributed by atoms with Crippen molar-refractivity contribution >= 4 is 40.5 Å². The fraction of sp³-hybridized carbons (Fsp3) is 0.594. The smallest absolute Gasteiger partial charge is 0.303 e. The normalized spacial score (nSPS) is 20.9. The molecule has 2 aromatic rings. The van der Waals surface area contributed by atoms with Crippen LogP contribution in [0.25, 0.3) is 10.9 Å². The summed E-state index contributed by atoms with van der Waals surface area (Å²) < 4.78 is 41.5. The number of aryl methyl sites for hydroxylation is 1. The highest BCUT2D eigenvalue weighted by atomic mass is 16.7. The number of benzene rings is 1. The Labute approximate surface area is 267 Å². The van der Waals surface area contributed by atoms with Gasteiger partial charge in [0, 0.05) is 45.8 Å². The van der Waals surface area contributed by atoms with Crippen LogP contribution in [0.3, 0.4) is 0 Å². The van der Waals surface area contributed by atoms with Crippen molar-refractivity contribution in [3.8, 4) is 11.5 Å². The molecule has 3 rings (SSSR count). The van der Waals surface area contributed by atoms with Crippen LogP contribution in [0.4, 0.5) is 5.69 Å². The van der Waals surface area contributed by atoms with Crippen molar-refractivity contribution in [2.24, 2.45) is 7.05 Å². The Morgan fingerprint density at radius 3 is 2.07 bits per heavy atom. The molecule has 1 aromatic carbocycles. The lowest BCUT2D eigenvalue weighted by atomic mass is 9.98. The van der Waals surface area contributed by atoms with Gasteiger partial charge in [-0.3, -0.25) is 24.0 Å². The fourth-order valence-corrected chi connectivity index (χ4v) is 5.20. The van der Waals surface area contributed by atoms with Gasteiger partial charge in [-0.05, 0) is 24.6 Å². The van der Waals surface area contributed by atoms with E-state index in [1.54, 1.807) is 25.2 Å². The summed E-state index contributed by atoms with van der Waals surface area (Å²) in [6, 6.07) is 4.85. The van der Waals surface area contributed by atoms with Gasteiger partial charge in [0.1, 0.15) is 12.7 Å². The van der Waals surface area contributed by atoms with Crippen molar-refractivity contribution in [3.63, 3.8) is 0 Å². The lowest BCUT2D eigenvalue weighted by Gasteiger charge is -2.44.